The number of hydrogen-bond acceptors (Lipinski definition) is 7. The minimum atomic E-state index is 0.336. The van der Waals surface area contributed by atoms with Crippen molar-refractivity contribution in [1.29, 1.82) is 0 Å². The van der Waals surface area contributed by atoms with Crippen LogP contribution < -0.4 is 15.0 Å². The molecule has 0 aliphatic carbocycles. The second-order valence-corrected chi connectivity index (χ2v) is 3.62. The molecule has 0 unspecified atom stereocenters. The average molecular weight is 255 g/mol. The summed E-state index contributed by atoms with van der Waals surface area (Å²) in [5.41, 5.74) is 0. The molecule has 7 nitrogen and oxygen atoms in total. The summed E-state index contributed by atoms with van der Waals surface area (Å²) >= 11 is 0. The lowest BCUT2D eigenvalue weighted by Crippen LogP contribution is -2.25. The van der Waals surface area contributed by atoms with Crippen molar-refractivity contribution in [1.82, 2.24) is 15.0 Å². The van der Waals surface area contributed by atoms with Crippen LogP contribution in [0, 0.1) is 0 Å². The summed E-state index contributed by atoms with van der Waals surface area (Å²) in [5, 5.41) is 3.06. The maximum absolute atomic E-state index is 5.33. The molecule has 0 aliphatic heterocycles. The summed E-state index contributed by atoms with van der Waals surface area (Å²) in [6.07, 6.45) is 0. The van der Waals surface area contributed by atoms with E-state index >= 15 is 0 Å². The highest BCUT2D eigenvalue weighted by atomic mass is 16.5. The molecule has 1 aromatic heterocycles. The fraction of sp³-hybridized carbons (Fsp3) is 0.727. The zero-order valence-electron chi connectivity index (χ0n) is 11.4. The normalized spacial score (nSPS) is 10.2. The van der Waals surface area contributed by atoms with Crippen molar-refractivity contribution in [2.45, 2.75) is 13.8 Å². The first-order chi connectivity index (χ1) is 8.71. The van der Waals surface area contributed by atoms with Crippen molar-refractivity contribution in [2.24, 2.45) is 0 Å². The van der Waals surface area contributed by atoms with E-state index in [9.17, 15) is 0 Å². The lowest BCUT2D eigenvalue weighted by molar-refractivity contribution is 0.206. The Morgan fingerprint density at radius 1 is 1.22 bits per heavy atom. The van der Waals surface area contributed by atoms with Gasteiger partial charge in [-0.05, 0) is 13.8 Å². The molecule has 0 atom stereocenters. The van der Waals surface area contributed by atoms with Gasteiger partial charge < -0.3 is 19.7 Å². The number of nitrogens with one attached hydrogen (secondary N) is 1. The summed E-state index contributed by atoms with van der Waals surface area (Å²) in [6, 6.07) is 0.336. The number of methoxy groups -OCH3 is 1. The number of hydrogen-bond donors (Lipinski definition) is 1. The van der Waals surface area contributed by atoms with Gasteiger partial charge in [-0.2, -0.15) is 15.0 Å². The molecule has 102 valence electrons. The van der Waals surface area contributed by atoms with Crippen molar-refractivity contribution in [3.8, 4) is 6.01 Å². The summed E-state index contributed by atoms with van der Waals surface area (Å²) in [5.74, 6) is 1.09. The highest BCUT2D eigenvalue weighted by Crippen LogP contribution is 2.13. The van der Waals surface area contributed by atoms with Crippen LogP contribution in [-0.2, 0) is 4.74 Å². The fourth-order valence-electron chi connectivity index (χ4n) is 1.28. The summed E-state index contributed by atoms with van der Waals surface area (Å²) in [6.45, 7) is 6.47. The first-order valence-corrected chi connectivity index (χ1v) is 6.04. The molecule has 18 heavy (non-hydrogen) atoms. The third kappa shape index (κ3) is 4.33. The molecule has 0 radical (unpaired) electrons. The molecule has 0 spiro atoms. The van der Waals surface area contributed by atoms with E-state index < -0.39 is 0 Å². The molecule has 1 aromatic rings. The zero-order chi connectivity index (χ0) is 13.4. The molecule has 1 rings (SSSR count). The second kappa shape index (κ2) is 7.65. The van der Waals surface area contributed by atoms with Crippen LogP contribution in [0.15, 0.2) is 0 Å². The Bertz CT molecular complexity index is 337. The number of likely N-dealkylation sites (N-methyl/N-ethyl adjacent to an activating group) is 1. The Kier molecular flexibility index (Phi) is 6.13. The van der Waals surface area contributed by atoms with Crippen molar-refractivity contribution in [3.63, 3.8) is 0 Å². The monoisotopic (exact) mass is 255 g/mol. The highest BCUT2D eigenvalue weighted by Gasteiger charge is 2.10. The standard InChI is InChI=1S/C11H21N5O2/c1-5-12-9-13-10(16(3)7-8-17-4)15-11(14-9)18-6-2/h5-8H2,1-4H3,(H,12,13,14,15). The van der Waals surface area contributed by atoms with E-state index in [1.807, 2.05) is 25.8 Å². The van der Waals surface area contributed by atoms with E-state index in [1.54, 1.807) is 7.11 Å². The zero-order valence-corrected chi connectivity index (χ0v) is 11.4. The maximum atomic E-state index is 5.33. The van der Waals surface area contributed by atoms with Crippen LogP contribution in [0.2, 0.25) is 0 Å². The number of ether oxygens (including phenoxy) is 2. The van der Waals surface area contributed by atoms with Crippen LogP contribution in [0.1, 0.15) is 13.8 Å². The van der Waals surface area contributed by atoms with Gasteiger partial charge in [-0.3, -0.25) is 0 Å². The molecular formula is C11H21N5O2. The van der Waals surface area contributed by atoms with Crippen LogP contribution in [-0.4, -0.2) is 55.4 Å². The Balaban J connectivity index is 2.87. The molecule has 0 fully saturated rings. The Hall–Kier alpha value is -1.63. The molecule has 7 heteroatoms. The molecule has 0 amide bonds. The second-order valence-electron chi connectivity index (χ2n) is 3.62. The molecule has 1 heterocycles. The number of anilines is 2. The summed E-state index contributed by atoms with van der Waals surface area (Å²) in [4.78, 5) is 14.6. The van der Waals surface area contributed by atoms with Crippen LogP contribution in [0.3, 0.4) is 0 Å². The third-order valence-electron chi connectivity index (χ3n) is 2.18. The van der Waals surface area contributed by atoms with Crippen LogP contribution in [0.5, 0.6) is 6.01 Å². The first kappa shape index (κ1) is 14.4. The van der Waals surface area contributed by atoms with Crippen LogP contribution in [0.25, 0.3) is 0 Å². The minimum absolute atomic E-state index is 0.336. The van der Waals surface area contributed by atoms with E-state index in [0.717, 1.165) is 6.54 Å². The molecule has 0 aliphatic rings. The summed E-state index contributed by atoms with van der Waals surface area (Å²) < 4.78 is 10.4. The smallest absolute Gasteiger partial charge is 0.323 e. The van der Waals surface area contributed by atoms with Gasteiger partial charge in [0, 0.05) is 27.2 Å². The lowest BCUT2D eigenvalue weighted by atomic mass is 10.6. The molecular weight excluding hydrogens is 234 g/mol. The van der Waals surface area contributed by atoms with Crippen molar-refractivity contribution >= 4 is 11.9 Å². The average Bonchev–Trinajstić information content (AvgIpc) is 2.36. The van der Waals surface area contributed by atoms with E-state index in [1.165, 1.54) is 0 Å². The van der Waals surface area contributed by atoms with E-state index in [0.29, 0.717) is 37.7 Å². The van der Waals surface area contributed by atoms with Gasteiger partial charge in [0.05, 0.1) is 13.2 Å². The number of nitrogens with zero attached hydrogens (tertiary/aromatic N) is 4. The Labute approximate surface area is 108 Å². The highest BCUT2D eigenvalue weighted by molar-refractivity contribution is 5.37. The Morgan fingerprint density at radius 3 is 2.61 bits per heavy atom. The van der Waals surface area contributed by atoms with Gasteiger partial charge in [-0.1, -0.05) is 0 Å². The van der Waals surface area contributed by atoms with Crippen LogP contribution in [0.4, 0.5) is 11.9 Å². The predicted molar refractivity (Wildman–Crippen MR) is 70.3 cm³/mol. The maximum Gasteiger partial charge on any atom is 0.323 e. The summed E-state index contributed by atoms with van der Waals surface area (Å²) in [7, 11) is 3.57. The Morgan fingerprint density at radius 2 is 2.00 bits per heavy atom. The number of rotatable bonds is 8. The van der Waals surface area contributed by atoms with E-state index in [4.69, 9.17) is 9.47 Å². The quantitative estimate of drug-likeness (QED) is 0.736. The van der Waals surface area contributed by atoms with Gasteiger partial charge in [-0.15, -0.1) is 0 Å². The molecule has 1 N–H and O–H groups in total. The molecule has 0 saturated carbocycles. The fourth-order valence-corrected chi connectivity index (χ4v) is 1.28. The molecule has 0 saturated heterocycles. The topological polar surface area (TPSA) is 72.4 Å². The minimum Gasteiger partial charge on any atom is -0.464 e. The van der Waals surface area contributed by atoms with Crippen LogP contribution >= 0.6 is 0 Å². The first-order valence-electron chi connectivity index (χ1n) is 6.04. The van der Waals surface area contributed by atoms with E-state index in [-0.39, 0.29) is 0 Å². The predicted octanol–water partition coefficient (Wildman–Crippen LogP) is 0.785. The largest absolute Gasteiger partial charge is 0.464 e. The SMILES string of the molecule is CCNc1nc(OCC)nc(N(C)CCOC)n1. The van der Waals surface area contributed by atoms with Gasteiger partial charge >= 0.3 is 6.01 Å². The lowest BCUT2D eigenvalue weighted by Gasteiger charge is -2.17. The molecule has 0 bridgehead atoms. The van der Waals surface area contributed by atoms with E-state index in [2.05, 4.69) is 20.3 Å². The van der Waals surface area contributed by atoms with Gasteiger partial charge in [0.25, 0.3) is 0 Å². The van der Waals surface area contributed by atoms with Gasteiger partial charge in [-0.25, -0.2) is 0 Å². The molecule has 0 aromatic carbocycles. The van der Waals surface area contributed by atoms with Crippen molar-refractivity contribution in [3.05, 3.63) is 0 Å². The van der Waals surface area contributed by atoms with Gasteiger partial charge in [0.2, 0.25) is 11.9 Å². The van der Waals surface area contributed by atoms with Gasteiger partial charge in [0.1, 0.15) is 0 Å². The number of aromatic nitrogens is 3. The van der Waals surface area contributed by atoms with Crippen molar-refractivity contribution < 1.29 is 9.47 Å². The third-order valence-corrected chi connectivity index (χ3v) is 2.18. The van der Waals surface area contributed by atoms with Gasteiger partial charge in [0.15, 0.2) is 0 Å². The van der Waals surface area contributed by atoms with Crippen molar-refractivity contribution in [2.75, 3.05) is 50.7 Å².